The molecule has 35 heavy (non-hydrogen) atoms. The number of rotatable bonds is 15. The van der Waals surface area contributed by atoms with Crippen LogP contribution in [0.25, 0.3) is 0 Å². The Kier molecular flexibility index (Phi) is 12.4. The summed E-state index contributed by atoms with van der Waals surface area (Å²) in [6.45, 7) is 1.90. The lowest BCUT2D eigenvalue weighted by Crippen LogP contribution is -2.16. The minimum absolute atomic E-state index is 0.0358. The Hall–Kier alpha value is -2.83. The normalized spacial score (nSPS) is 11.3. The van der Waals surface area contributed by atoms with Crippen LogP contribution in [-0.2, 0) is 22.3 Å². The minimum atomic E-state index is -4.56. The smallest absolute Gasteiger partial charge is 0.416 e. The number of carbonyl (C=O) groups excluding carboxylic acids is 2. The highest BCUT2D eigenvalue weighted by atomic mass is 19.4. The number of ether oxygens (including phenoxy) is 2. The van der Waals surface area contributed by atoms with Crippen molar-refractivity contribution < 1.29 is 32.2 Å². The quantitative estimate of drug-likeness (QED) is 0.186. The van der Waals surface area contributed by atoms with Gasteiger partial charge in [0.2, 0.25) is 0 Å². The van der Waals surface area contributed by atoms with Crippen molar-refractivity contribution >= 4 is 11.9 Å². The van der Waals surface area contributed by atoms with Crippen molar-refractivity contribution in [2.75, 3.05) is 6.61 Å². The van der Waals surface area contributed by atoms with Gasteiger partial charge >= 0.3 is 18.1 Å². The molecule has 0 aromatic heterocycles. The van der Waals surface area contributed by atoms with Crippen LogP contribution in [0.2, 0.25) is 0 Å². The number of hydrogen-bond donors (Lipinski definition) is 0. The van der Waals surface area contributed by atoms with Crippen molar-refractivity contribution in [2.45, 2.75) is 83.9 Å². The van der Waals surface area contributed by atoms with E-state index < -0.39 is 30.3 Å². The number of alkyl halides is 3. The number of unbranched alkanes of at least 4 members (excludes halogenated alkanes) is 9. The summed E-state index contributed by atoms with van der Waals surface area (Å²) in [4.78, 5) is 25.1. The second-order valence-corrected chi connectivity index (χ2v) is 8.59. The highest BCUT2D eigenvalue weighted by Crippen LogP contribution is 2.32. The molecule has 0 fully saturated rings. The topological polar surface area (TPSA) is 52.6 Å². The first-order valence-corrected chi connectivity index (χ1v) is 12.4. The molecule has 192 valence electrons. The third kappa shape index (κ3) is 10.1. The monoisotopic (exact) mass is 492 g/mol. The Labute approximate surface area is 205 Å². The second kappa shape index (κ2) is 15.2. The largest absolute Gasteiger partial charge is 0.462 e. The van der Waals surface area contributed by atoms with Crippen molar-refractivity contribution in [1.29, 1.82) is 0 Å². The molecule has 0 bridgehead atoms. The molecular formula is C28H35F3O4. The molecule has 4 nitrogen and oxygen atoms in total. The summed E-state index contributed by atoms with van der Waals surface area (Å²) >= 11 is 0. The maximum Gasteiger partial charge on any atom is 0.416 e. The highest BCUT2D eigenvalue weighted by molar-refractivity contribution is 6.03. The summed E-state index contributed by atoms with van der Waals surface area (Å²) in [5.74, 6) is -1.53. The van der Waals surface area contributed by atoms with Gasteiger partial charge < -0.3 is 9.47 Å². The second-order valence-electron chi connectivity index (χ2n) is 8.59. The maximum atomic E-state index is 13.2. The van der Waals surface area contributed by atoms with Crippen molar-refractivity contribution in [1.82, 2.24) is 0 Å². The van der Waals surface area contributed by atoms with Crippen LogP contribution in [0.3, 0.4) is 0 Å². The van der Waals surface area contributed by atoms with Crippen LogP contribution in [0.1, 0.15) is 103 Å². The third-order valence-corrected chi connectivity index (χ3v) is 5.78. The maximum absolute atomic E-state index is 13.2. The lowest BCUT2D eigenvalue weighted by Gasteiger charge is -2.13. The molecule has 0 radical (unpaired) electrons. The van der Waals surface area contributed by atoms with Crippen LogP contribution in [0, 0.1) is 0 Å². The predicted octanol–water partition coefficient (Wildman–Crippen LogP) is 8.14. The Balaban J connectivity index is 1.78. The molecule has 0 N–H and O–H groups in total. The van der Waals surface area contributed by atoms with Crippen LogP contribution in [0.4, 0.5) is 13.2 Å². The predicted molar refractivity (Wildman–Crippen MR) is 129 cm³/mol. The highest BCUT2D eigenvalue weighted by Gasteiger charge is 2.33. The van der Waals surface area contributed by atoms with Gasteiger partial charge in [0.15, 0.2) is 0 Å². The molecule has 0 aliphatic rings. The zero-order valence-electron chi connectivity index (χ0n) is 20.4. The molecule has 0 spiro atoms. The lowest BCUT2D eigenvalue weighted by atomic mass is 10.1. The zero-order chi connectivity index (χ0) is 25.5. The van der Waals surface area contributed by atoms with Crippen LogP contribution in [0.15, 0.2) is 48.5 Å². The summed E-state index contributed by atoms with van der Waals surface area (Å²) in [5, 5.41) is 0. The van der Waals surface area contributed by atoms with Gasteiger partial charge in [-0.05, 0) is 24.6 Å². The summed E-state index contributed by atoms with van der Waals surface area (Å²) in [5.41, 5.74) is -1.02. The summed E-state index contributed by atoms with van der Waals surface area (Å²) in [7, 11) is 0. The van der Waals surface area contributed by atoms with Crippen LogP contribution in [0.5, 0.6) is 0 Å². The fraction of sp³-hybridized carbons (Fsp3) is 0.500. The molecular weight excluding hydrogens is 457 g/mol. The van der Waals surface area contributed by atoms with Crippen LogP contribution >= 0.6 is 0 Å². The summed E-state index contributed by atoms with van der Waals surface area (Å²) < 4.78 is 49.9. The summed E-state index contributed by atoms with van der Waals surface area (Å²) in [6.07, 6.45) is 7.06. The average Bonchev–Trinajstić information content (AvgIpc) is 2.85. The first-order chi connectivity index (χ1) is 16.8. The van der Waals surface area contributed by atoms with Gasteiger partial charge in [-0.3, -0.25) is 0 Å². The van der Waals surface area contributed by atoms with E-state index in [1.165, 1.54) is 75.3 Å². The molecule has 2 aromatic rings. The molecule has 0 saturated heterocycles. The van der Waals surface area contributed by atoms with E-state index in [0.717, 1.165) is 25.3 Å². The van der Waals surface area contributed by atoms with Gasteiger partial charge in [-0.25, -0.2) is 9.59 Å². The Morgan fingerprint density at radius 1 is 0.686 bits per heavy atom. The number of carbonyl (C=O) groups is 2. The van der Waals surface area contributed by atoms with Gasteiger partial charge in [-0.15, -0.1) is 0 Å². The van der Waals surface area contributed by atoms with Crippen molar-refractivity contribution in [3.05, 3.63) is 70.8 Å². The molecule has 7 heteroatoms. The molecule has 2 rings (SSSR count). The molecule has 0 amide bonds. The van der Waals surface area contributed by atoms with Crippen molar-refractivity contribution in [3.63, 3.8) is 0 Å². The van der Waals surface area contributed by atoms with E-state index in [9.17, 15) is 22.8 Å². The first kappa shape index (κ1) is 28.4. The Bertz CT molecular complexity index is 924. The van der Waals surface area contributed by atoms with Gasteiger partial charge in [0.25, 0.3) is 0 Å². The molecule has 0 heterocycles. The lowest BCUT2D eigenvalue weighted by molar-refractivity contribution is -0.138. The molecule has 0 unspecified atom stereocenters. The summed E-state index contributed by atoms with van der Waals surface area (Å²) in [6, 6.07) is 10.9. The van der Waals surface area contributed by atoms with E-state index in [2.05, 4.69) is 6.92 Å². The van der Waals surface area contributed by atoms with E-state index in [1.54, 1.807) is 12.1 Å². The third-order valence-electron chi connectivity index (χ3n) is 5.78. The zero-order valence-corrected chi connectivity index (χ0v) is 20.4. The van der Waals surface area contributed by atoms with E-state index >= 15 is 0 Å². The van der Waals surface area contributed by atoms with Gasteiger partial charge in [-0.1, -0.05) is 95.0 Å². The minimum Gasteiger partial charge on any atom is -0.462 e. The van der Waals surface area contributed by atoms with Gasteiger partial charge in [-0.2, -0.15) is 13.2 Å². The van der Waals surface area contributed by atoms with Crippen LogP contribution in [-0.4, -0.2) is 18.5 Å². The van der Waals surface area contributed by atoms with E-state index in [1.807, 2.05) is 0 Å². The van der Waals surface area contributed by atoms with Crippen molar-refractivity contribution in [2.24, 2.45) is 0 Å². The number of benzene rings is 2. The number of hydrogen-bond acceptors (Lipinski definition) is 4. The van der Waals surface area contributed by atoms with Crippen LogP contribution < -0.4 is 0 Å². The fourth-order valence-electron chi connectivity index (χ4n) is 3.81. The van der Waals surface area contributed by atoms with Gasteiger partial charge in [0.1, 0.15) is 6.61 Å². The molecule has 0 aliphatic heterocycles. The van der Waals surface area contributed by atoms with Gasteiger partial charge in [0.05, 0.1) is 23.3 Å². The number of esters is 2. The standard InChI is InChI=1S/C28H35F3O4/c1-2-3-4-5-6-7-8-9-10-15-20-34-26(32)23-17-12-13-18-24(23)27(33)35-21-22-16-11-14-19-25(22)28(29,30)31/h11-14,16-19H,2-10,15,20-21H2,1H3. The van der Waals surface area contributed by atoms with E-state index in [4.69, 9.17) is 9.47 Å². The Morgan fingerprint density at radius 2 is 1.17 bits per heavy atom. The number of halogens is 3. The molecule has 2 aromatic carbocycles. The van der Waals surface area contributed by atoms with E-state index in [-0.39, 0.29) is 23.3 Å². The Morgan fingerprint density at radius 3 is 1.74 bits per heavy atom. The molecule has 0 atom stereocenters. The molecule has 0 saturated carbocycles. The average molecular weight is 493 g/mol. The molecule has 0 aliphatic carbocycles. The first-order valence-electron chi connectivity index (χ1n) is 12.4. The SMILES string of the molecule is CCCCCCCCCCCCOC(=O)c1ccccc1C(=O)OCc1ccccc1C(F)(F)F. The van der Waals surface area contributed by atoms with E-state index in [0.29, 0.717) is 0 Å². The van der Waals surface area contributed by atoms with Crippen molar-refractivity contribution in [3.8, 4) is 0 Å². The van der Waals surface area contributed by atoms with Gasteiger partial charge in [0, 0.05) is 5.56 Å². The fourth-order valence-corrected chi connectivity index (χ4v) is 3.81.